The number of carbonyl (C=O) groups is 1. The van der Waals surface area contributed by atoms with Crippen LogP contribution in [0.15, 0.2) is 59.1 Å². The van der Waals surface area contributed by atoms with Crippen LogP contribution in [0.25, 0.3) is 10.9 Å². The maximum Gasteiger partial charge on any atom is 0.270 e. The van der Waals surface area contributed by atoms with Gasteiger partial charge in [0.15, 0.2) is 0 Å². The molecule has 0 spiro atoms. The van der Waals surface area contributed by atoms with Crippen LogP contribution in [0.5, 0.6) is 0 Å². The Morgan fingerprint density at radius 2 is 1.71 bits per heavy atom. The van der Waals surface area contributed by atoms with E-state index in [9.17, 15) is 4.79 Å². The number of halogens is 1. The fourth-order valence-corrected chi connectivity index (χ4v) is 3.57. The Morgan fingerprint density at radius 3 is 2.46 bits per heavy atom. The number of H-pyrrole nitrogens is 1. The molecule has 1 aliphatic rings. The van der Waals surface area contributed by atoms with Gasteiger partial charge in [-0.05, 0) is 36.4 Å². The van der Waals surface area contributed by atoms with Gasteiger partial charge in [-0.25, -0.2) is 0 Å². The van der Waals surface area contributed by atoms with Crippen molar-refractivity contribution in [3.05, 3.63) is 64.8 Å². The van der Waals surface area contributed by atoms with Crippen LogP contribution >= 0.6 is 15.9 Å². The van der Waals surface area contributed by atoms with Crippen LogP contribution in [0.3, 0.4) is 0 Å². The van der Waals surface area contributed by atoms with Crippen molar-refractivity contribution in [2.45, 2.75) is 0 Å². The molecule has 4 rings (SSSR count). The lowest BCUT2D eigenvalue weighted by molar-refractivity contribution is 0.0742. The molecule has 1 saturated heterocycles. The summed E-state index contributed by atoms with van der Waals surface area (Å²) < 4.78 is 1.02. The topological polar surface area (TPSA) is 39.3 Å². The van der Waals surface area contributed by atoms with Crippen LogP contribution in [0.2, 0.25) is 0 Å². The van der Waals surface area contributed by atoms with Crippen molar-refractivity contribution in [1.29, 1.82) is 0 Å². The molecule has 0 atom stereocenters. The zero-order valence-corrected chi connectivity index (χ0v) is 14.8. The van der Waals surface area contributed by atoms with Gasteiger partial charge in [0.25, 0.3) is 5.91 Å². The van der Waals surface area contributed by atoms with Crippen molar-refractivity contribution in [1.82, 2.24) is 9.88 Å². The molecule has 24 heavy (non-hydrogen) atoms. The third kappa shape index (κ3) is 2.91. The standard InChI is InChI=1S/C19H18BrN3O/c20-15-6-7-17-14(12-15)13-18(21-17)19(24)23-10-8-22(9-11-23)16-4-2-1-3-5-16/h1-7,12-13,21H,8-11H2. The first-order valence-electron chi connectivity index (χ1n) is 8.08. The molecule has 1 aliphatic heterocycles. The Labute approximate surface area is 149 Å². The molecule has 1 amide bonds. The Balaban J connectivity index is 1.47. The molecular formula is C19H18BrN3O. The molecule has 4 nitrogen and oxygen atoms in total. The summed E-state index contributed by atoms with van der Waals surface area (Å²) in [6, 6.07) is 18.3. The summed E-state index contributed by atoms with van der Waals surface area (Å²) in [4.78, 5) is 20.3. The van der Waals surface area contributed by atoms with Crippen molar-refractivity contribution in [2.75, 3.05) is 31.1 Å². The monoisotopic (exact) mass is 383 g/mol. The van der Waals surface area contributed by atoms with Gasteiger partial charge in [-0.3, -0.25) is 4.79 Å². The van der Waals surface area contributed by atoms with Crippen molar-refractivity contribution >= 4 is 38.4 Å². The van der Waals surface area contributed by atoms with E-state index in [4.69, 9.17) is 0 Å². The fourth-order valence-electron chi connectivity index (χ4n) is 3.20. The average molecular weight is 384 g/mol. The average Bonchev–Trinajstić information content (AvgIpc) is 3.05. The quantitative estimate of drug-likeness (QED) is 0.728. The molecule has 1 N–H and O–H groups in total. The minimum atomic E-state index is 0.0787. The van der Waals surface area contributed by atoms with Gasteiger partial charge in [-0.15, -0.1) is 0 Å². The van der Waals surface area contributed by atoms with Crippen molar-refractivity contribution < 1.29 is 4.79 Å². The van der Waals surface area contributed by atoms with Gasteiger partial charge in [-0.1, -0.05) is 34.1 Å². The number of benzene rings is 2. The van der Waals surface area contributed by atoms with E-state index in [1.54, 1.807) is 0 Å². The van der Waals surface area contributed by atoms with Crippen molar-refractivity contribution in [3.8, 4) is 0 Å². The molecule has 5 heteroatoms. The summed E-state index contributed by atoms with van der Waals surface area (Å²) in [6.07, 6.45) is 0. The van der Waals surface area contributed by atoms with Crippen LogP contribution in [0, 0.1) is 0 Å². The lowest BCUT2D eigenvalue weighted by Crippen LogP contribution is -2.48. The lowest BCUT2D eigenvalue weighted by Gasteiger charge is -2.36. The molecule has 3 aromatic rings. The molecule has 0 unspecified atom stereocenters. The number of nitrogens with zero attached hydrogens (tertiary/aromatic N) is 2. The Morgan fingerprint density at radius 1 is 0.958 bits per heavy atom. The predicted molar refractivity (Wildman–Crippen MR) is 101 cm³/mol. The van der Waals surface area contributed by atoms with E-state index in [1.165, 1.54) is 5.69 Å². The number of carbonyl (C=O) groups excluding carboxylic acids is 1. The minimum absolute atomic E-state index is 0.0787. The van der Waals surface area contributed by atoms with Gasteiger partial charge in [0.2, 0.25) is 0 Å². The highest BCUT2D eigenvalue weighted by atomic mass is 79.9. The highest BCUT2D eigenvalue weighted by Gasteiger charge is 2.23. The fraction of sp³-hybridized carbons (Fsp3) is 0.211. The Hall–Kier alpha value is -2.27. The first-order valence-corrected chi connectivity index (χ1v) is 8.87. The van der Waals surface area contributed by atoms with E-state index in [0.717, 1.165) is 41.6 Å². The summed E-state index contributed by atoms with van der Waals surface area (Å²) in [5.74, 6) is 0.0787. The third-order valence-corrected chi connectivity index (χ3v) is 4.99. The number of hydrogen-bond acceptors (Lipinski definition) is 2. The normalized spacial score (nSPS) is 15.0. The maximum atomic E-state index is 12.8. The van der Waals surface area contributed by atoms with Gasteiger partial charge >= 0.3 is 0 Å². The summed E-state index contributed by atoms with van der Waals surface area (Å²) in [7, 11) is 0. The first-order chi connectivity index (χ1) is 11.7. The number of fused-ring (bicyclic) bond motifs is 1. The molecule has 0 saturated carbocycles. The largest absolute Gasteiger partial charge is 0.368 e. The highest BCUT2D eigenvalue weighted by molar-refractivity contribution is 9.10. The van der Waals surface area contributed by atoms with E-state index < -0.39 is 0 Å². The highest BCUT2D eigenvalue weighted by Crippen LogP contribution is 2.22. The molecule has 1 fully saturated rings. The number of nitrogens with one attached hydrogen (secondary N) is 1. The van der Waals surface area contributed by atoms with Crippen LogP contribution in [0.4, 0.5) is 5.69 Å². The van der Waals surface area contributed by atoms with Crippen LogP contribution < -0.4 is 4.90 Å². The smallest absolute Gasteiger partial charge is 0.270 e. The number of amides is 1. The number of rotatable bonds is 2. The van der Waals surface area contributed by atoms with E-state index in [0.29, 0.717) is 5.69 Å². The summed E-state index contributed by atoms with van der Waals surface area (Å²) in [6.45, 7) is 3.21. The molecule has 2 heterocycles. The summed E-state index contributed by atoms with van der Waals surface area (Å²) in [5, 5.41) is 1.05. The van der Waals surface area contributed by atoms with E-state index >= 15 is 0 Å². The molecule has 122 valence electrons. The second-order valence-electron chi connectivity index (χ2n) is 6.03. The molecule has 0 aliphatic carbocycles. The van der Waals surface area contributed by atoms with E-state index in [1.807, 2.05) is 35.2 Å². The second kappa shape index (κ2) is 6.32. The predicted octanol–water partition coefficient (Wildman–Crippen LogP) is 3.89. The lowest BCUT2D eigenvalue weighted by atomic mass is 10.2. The van der Waals surface area contributed by atoms with Crippen LogP contribution in [0.1, 0.15) is 10.5 Å². The Bertz CT molecular complexity index is 867. The minimum Gasteiger partial charge on any atom is -0.368 e. The maximum absolute atomic E-state index is 12.8. The number of hydrogen-bond donors (Lipinski definition) is 1. The number of aromatic amines is 1. The van der Waals surface area contributed by atoms with Crippen LogP contribution in [-0.4, -0.2) is 42.0 Å². The SMILES string of the molecule is O=C(c1cc2cc(Br)ccc2[nH]1)N1CCN(c2ccccc2)CC1. The van der Waals surface area contributed by atoms with Gasteiger partial charge in [-0.2, -0.15) is 0 Å². The zero-order chi connectivity index (χ0) is 16.5. The Kier molecular flexibility index (Phi) is 4.02. The second-order valence-corrected chi connectivity index (χ2v) is 6.95. The van der Waals surface area contributed by atoms with Gasteiger partial charge in [0.1, 0.15) is 5.69 Å². The first kappa shape index (κ1) is 15.3. The molecule has 1 aromatic heterocycles. The molecule has 2 aromatic carbocycles. The molecule has 0 bridgehead atoms. The van der Waals surface area contributed by atoms with Crippen molar-refractivity contribution in [2.24, 2.45) is 0 Å². The van der Waals surface area contributed by atoms with Gasteiger partial charge < -0.3 is 14.8 Å². The number of piperazine rings is 1. The molecule has 0 radical (unpaired) electrons. The number of para-hydroxylation sites is 1. The van der Waals surface area contributed by atoms with Gasteiger partial charge in [0, 0.05) is 47.2 Å². The van der Waals surface area contributed by atoms with E-state index in [2.05, 4.69) is 50.1 Å². The van der Waals surface area contributed by atoms with Crippen molar-refractivity contribution in [3.63, 3.8) is 0 Å². The van der Waals surface area contributed by atoms with Crippen LogP contribution in [-0.2, 0) is 0 Å². The number of anilines is 1. The third-order valence-electron chi connectivity index (χ3n) is 4.50. The van der Waals surface area contributed by atoms with E-state index in [-0.39, 0.29) is 5.91 Å². The summed E-state index contributed by atoms with van der Waals surface area (Å²) in [5.41, 5.74) is 2.88. The number of aromatic nitrogens is 1. The van der Waals surface area contributed by atoms with Gasteiger partial charge in [0.05, 0.1) is 0 Å². The molecular weight excluding hydrogens is 366 g/mol. The summed E-state index contributed by atoms with van der Waals surface area (Å²) >= 11 is 3.47. The zero-order valence-electron chi connectivity index (χ0n) is 13.2.